The van der Waals surface area contributed by atoms with Gasteiger partial charge in [0.15, 0.2) is 0 Å². The van der Waals surface area contributed by atoms with E-state index in [2.05, 4.69) is 49.6 Å². The fourth-order valence-corrected chi connectivity index (χ4v) is 2.89. The normalized spacial score (nSPS) is 15.7. The van der Waals surface area contributed by atoms with Crippen LogP contribution in [0.3, 0.4) is 0 Å². The van der Waals surface area contributed by atoms with E-state index in [-0.39, 0.29) is 5.41 Å². The second-order valence-corrected chi connectivity index (χ2v) is 5.89. The summed E-state index contributed by atoms with van der Waals surface area (Å²) in [6.07, 6.45) is 2.52. The van der Waals surface area contributed by atoms with E-state index in [1.54, 1.807) is 0 Å². The van der Waals surface area contributed by atoms with Crippen LogP contribution in [0.5, 0.6) is 0 Å². The Morgan fingerprint density at radius 2 is 2.00 bits per heavy atom. The van der Waals surface area contributed by atoms with Crippen molar-refractivity contribution in [3.8, 4) is 0 Å². The first-order chi connectivity index (χ1) is 7.57. The number of benzene rings is 1. The lowest BCUT2D eigenvalue weighted by atomic mass is 9.92. The minimum absolute atomic E-state index is 0.244. The Kier molecular flexibility index (Phi) is 1.95. The number of rotatable bonds is 0. The van der Waals surface area contributed by atoms with E-state index < -0.39 is 0 Å². The first kappa shape index (κ1) is 9.95. The highest BCUT2D eigenvalue weighted by Gasteiger charge is 2.23. The lowest BCUT2D eigenvalue weighted by Crippen LogP contribution is -2.19. The van der Waals surface area contributed by atoms with Crippen molar-refractivity contribution in [3.05, 3.63) is 35.5 Å². The fourth-order valence-electron chi connectivity index (χ4n) is 2.89. The molecule has 1 nitrogen and oxygen atoms in total. The third-order valence-corrected chi connectivity index (χ3v) is 3.60. The molecule has 84 valence electrons. The van der Waals surface area contributed by atoms with Crippen LogP contribution < -0.4 is 0 Å². The van der Waals surface area contributed by atoms with Crippen LogP contribution in [-0.2, 0) is 18.4 Å². The van der Waals surface area contributed by atoms with E-state index in [1.165, 1.54) is 41.5 Å². The van der Waals surface area contributed by atoms with Gasteiger partial charge in [0.2, 0.25) is 0 Å². The minimum Gasteiger partial charge on any atom is -0.344 e. The van der Waals surface area contributed by atoms with Crippen molar-refractivity contribution >= 4 is 10.9 Å². The van der Waals surface area contributed by atoms with Crippen molar-refractivity contribution in [1.82, 2.24) is 4.57 Å². The number of aryl methyl sites for hydroxylation is 2. The summed E-state index contributed by atoms with van der Waals surface area (Å²) in [5.41, 5.74) is 4.74. The highest BCUT2D eigenvalue weighted by atomic mass is 15.0. The second-order valence-electron chi connectivity index (χ2n) is 5.89. The molecule has 0 saturated heterocycles. The van der Waals surface area contributed by atoms with Crippen molar-refractivity contribution in [1.29, 1.82) is 0 Å². The summed E-state index contributed by atoms with van der Waals surface area (Å²) in [7, 11) is 0. The van der Waals surface area contributed by atoms with E-state index in [0.29, 0.717) is 0 Å². The van der Waals surface area contributed by atoms with Gasteiger partial charge < -0.3 is 4.57 Å². The largest absolute Gasteiger partial charge is 0.344 e. The van der Waals surface area contributed by atoms with Crippen molar-refractivity contribution in [3.63, 3.8) is 0 Å². The van der Waals surface area contributed by atoms with E-state index in [4.69, 9.17) is 0 Å². The molecule has 1 aliphatic heterocycles. The van der Waals surface area contributed by atoms with Gasteiger partial charge in [0.05, 0.1) is 5.52 Å². The van der Waals surface area contributed by atoms with Crippen LogP contribution in [0.25, 0.3) is 10.9 Å². The zero-order chi connectivity index (χ0) is 11.3. The molecule has 16 heavy (non-hydrogen) atoms. The van der Waals surface area contributed by atoms with Gasteiger partial charge in [0.1, 0.15) is 0 Å². The Hall–Kier alpha value is -1.24. The molecule has 2 aromatic rings. The summed E-state index contributed by atoms with van der Waals surface area (Å²) in [5, 5.41) is 1.42. The van der Waals surface area contributed by atoms with Gasteiger partial charge in [-0.05, 0) is 24.5 Å². The van der Waals surface area contributed by atoms with Gasteiger partial charge in [-0.2, -0.15) is 0 Å². The highest BCUT2D eigenvalue weighted by Crippen LogP contribution is 2.34. The molecule has 0 atom stereocenters. The number of hydrogen-bond acceptors (Lipinski definition) is 0. The van der Waals surface area contributed by atoms with Gasteiger partial charge in [0, 0.05) is 23.0 Å². The van der Waals surface area contributed by atoms with Crippen LogP contribution in [0.4, 0.5) is 0 Å². The molecule has 0 aliphatic carbocycles. The minimum atomic E-state index is 0.244. The summed E-state index contributed by atoms with van der Waals surface area (Å²) < 4.78 is 2.54. The summed E-state index contributed by atoms with van der Waals surface area (Å²) in [5.74, 6) is 0. The van der Waals surface area contributed by atoms with E-state index in [1.807, 2.05) is 0 Å². The van der Waals surface area contributed by atoms with E-state index in [9.17, 15) is 0 Å². The molecular formula is C15H19N. The van der Waals surface area contributed by atoms with Crippen LogP contribution in [0.1, 0.15) is 38.4 Å². The molecule has 1 aromatic heterocycles. The molecule has 1 aromatic carbocycles. The first-order valence-electron chi connectivity index (χ1n) is 6.19. The highest BCUT2D eigenvalue weighted by molar-refractivity contribution is 5.85. The van der Waals surface area contributed by atoms with Crippen molar-refractivity contribution < 1.29 is 0 Å². The molecule has 0 fully saturated rings. The Bertz CT molecular complexity index is 540. The maximum atomic E-state index is 2.54. The molecule has 1 aliphatic rings. The fraction of sp³-hybridized carbons (Fsp3) is 0.467. The zero-order valence-corrected chi connectivity index (χ0v) is 10.4. The third-order valence-electron chi connectivity index (χ3n) is 3.60. The molecule has 3 rings (SSSR count). The molecule has 2 heterocycles. The number of aromatic nitrogens is 1. The molecule has 0 bridgehead atoms. The lowest BCUT2D eigenvalue weighted by molar-refractivity contribution is 0.507. The Labute approximate surface area is 97.1 Å². The van der Waals surface area contributed by atoms with Gasteiger partial charge in [-0.1, -0.05) is 39.0 Å². The maximum Gasteiger partial charge on any atom is 0.0515 e. The molecular weight excluding hydrogens is 194 g/mol. The molecule has 0 spiro atoms. The molecule has 1 heteroatoms. The Morgan fingerprint density at radius 3 is 2.75 bits per heavy atom. The van der Waals surface area contributed by atoms with Crippen LogP contribution >= 0.6 is 0 Å². The monoisotopic (exact) mass is 213 g/mol. The topological polar surface area (TPSA) is 4.93 Å². The maximum absolute atomic E-state index is 2.54. The van der Waals surface area contributed by atoms with Gasteiger partial charge in [0.25, 0.3) is 0 Å². The van der Waals surface area contributed by atoms with E-state index >= 15 is 0 Å². The Balaban J connectivity index is 2.38. The summed E-state index contributed by atoms with van der Waals surface area (Å²) in [6.45, 7) is 8.10. The third kappa shape index (κ3) is 1.31. The first-order valence-corrected chi connectivity index (χ1v) is 6.19. The van der Waals surface area contributed by atoms with Gasteiger partial charge in [-0.3, -0.25) is 0 Å². The molecule has 0 amide bonds. The average molecular weight is 213 g/mol. The molecule has 0 saturated carbocycles. The lowest BCUT2D eigenvalue weighted by Gasteiger charge is -2.24. The molecule has 0 unspecified atom stereocenters. The standard InChI is InChI=1S/C15H19N/c1-15(2,3)13-10-12-7-4-6-11-8-5-9-16(13)14(11)12/h4,6-7,10H,5,8-9H2,1-3H3. The number of hydrogen-bond donors (Lipinski definition) is 0. The van der Waals surface area contributed by atoms with Gasteiger partial charge in [-0.15, -0.1) is 0 Å². The number of nitrogens with zero attached hydrogens (tertiary/aromatic N) is 1. The zero-order valence-electron chi connectivity index (χ0n) is 10.4. The summed E-state index contributed by atoms with van der Waals surface area (Å²) in [6, 6.07) is 9.10. The van der Waals surface area contributed by atoms with Crippen molar-refractivity contribution in [2.24, 2.45) is 0 Å². The van der Waals surface area contributed by atoms with Crippen LogP contribution in [0.2, 0.25) is 0 Å². The van der Waals surface area contributed by atoms with Crippen LogP contribution in [0.15, 0.2) is 24.3 Å². The SMILES string of the molecule is CC(C)(C)c1cc2cccc3c2n1CCC3. The van der Waals surface area contributed by atoms with Crippen molar-refractivity contribution in [2.45, 2.75) is 45.6 Å². The second kappa shape index (κ2) is 3.13. The van der Waals surface area contributed by atoms with Crippen LogP contribution in [0, 0.1) is 0 Å². The quantitative estimate of drug-likeness (QED) is 0.625. The average Bonchev–Trinajstić information content (AvgIpc) is 2.60. The Morgan fingerprint density at radius 1 is 1.19 bits per heavy atom. The van der Waals surface area contributed by atoms with Crippen molar-refractivity contribution in [2.75, 3.05) is 0 Å². The summed E-state index contributed by atoms with van der Waals surface area (Å²) >= 11 is 0. The molecule has 0 radical (unpaired) electrons. The predicted molar refractivity (Wildman–Crippen MR) is 69.0 cm³/mol. The van der Waals surface area contributed by atoms with Crippen LogP contribution in [-0.4, -0.2) is 4.57 Å². The van der Waals surface area contributed by atoms with E-state index in [0.717, 1.165) is 0 Å². The predicted octanol–water partition coefficient (Wildman–Crippen LogP) is 3.89. The van der Waals surface area contributed by atoms with Gasteiger partial charge >= 0.3 is 0 Å². The number of para-hydroxylation sites is 1. The van der Waals surface area contributed by atoms with Gasteiger partial charge in [-0.25, -0.2) is 0 Å². The summed E-state index contributed by atoms with van der Waals surface area (Å²) in [4.78, 5) is 0. The molecule has 0 N–H and O–H groups in total. The smallest absolute Gasteiger partial charge is 0.0515 e.